The van der Waals surface area contributed by atoms with Gasteiger partial charge in [0.25, 0.3) is 0 Å². The van der Waals surface area contributed by atoms with Crippen molar-refractivity contribution in [3.63, 3.8) is 0 Å². The molecule has 2 aromatic carbocycles. The summed E-state index contributed by atoms with van der Waals surface area (Å²) in [4.78, 5) is 26.5. The first kappa shape index (κ1) is 35.9. The van der Waals surface area contributed by atoms with E-state index >= 15 is 0 Å². The molecule has 0 aliphatic carbocycles. The number of carbonyl (C=O) groups is 2. The fourth-order valence-electron chi connectivity index (χ4n) is 4.88. The van der Waals surface area contributed by atoms with E-state index in [1.807, 2.05) is 76.0 Å². The van der Waals surface area contributed by atoms with Crippen molar-refractivity contribution in [3.05, 3.63) is 82.9 Å². The molecule has 0 bridgehead atoms. The summed E-state index contributed by atoms with van der Waals surface area (Å²) < 4.78 is 9.36. The highest BCUT2D eigenvalue weighted by molar-refractivity contribution is 8.00. The lowest BCUT2D eigenvalue weighted by atomic mass is 10.1. The van der Waals surface area contributed by atoms with E-state index in [1.165, 1.54) is 23.5 Å². The number of nitrogens with zero attached hydrogens (tertiary/aromatic N) is 6. The van der Waals surface area contributed by atoms with Crippen LogP contribution in [0.3, 0.4) is 0 Å². The summed E-state index contributed by atoms with van der Waals surface area (Å²) in [6.07, 6.45) is 2.07. The first-order valence-corrected chi connectivity index (χ1v) is 20.7. The van der Waals surface area contributed by atoms with E-state index in [9.17, 15) is 9.59 Å². The molecule has 0 atom stereocenters. The molecule has 0 spiro atoms. The van der Waals surface area contributed by atoms with Crippen LogP contribution in [0, 0.1) is 0 Å². The second kappa shape index (κ2) is 17.8. The van der Waals surface area contributed by atoms with E-state index in [1.54, 1.807) is 41.5 Å². The van der Waals surface area contributed by atoms with Crippen LogP contribution < -0.4 is 10.6 Å². The molecule has 0 saturated heterocycles. The number of carbonyl (C=O) groups excluding carboxylic acids is 2. The second-order valence-electron chi connectivity index (χ2n) is 10.7. The number of hydrogen-bond acceptors (Lipinski definition) is 12. The number of para-hydroxylation sites is 1. The number of amides is 2. The largest absolute Gasteiger partial charge is 0.383 e. The lowest BCUT2D eigenvalue weighted by Crippen LogP contribution is -2.15. The standard InChI is InChI=1S/C34H34N8O3S5/c1-45-15-13-41-31(24-12-16-47-19-24)37-39-33(41)49-22-30(44)36-27-10-8-23(9-11-27)28-18-25(20-48-28)32-38-40-34(42(32)14-17-46-2)50-21-29(43)35-26-6-4-3-5-7-26/h3-12,16,18-20H,13-15,17,21-22H2,1-2H3,(H,35,43)(H,36,44). The van der Waals surface area contributed by atoms with E-state index < -0.39 is 0 Å². The van der Waals surface area contributed by atoms with Crippen molar-refractivity contribution >= 4 is 81.1 Å². The molecule has 4 heterocycles. The SMILES string of the molecule is COCCn1c(SCC(=O)Nc2ccc(-c3cc(-c4nnc(SCC(=O)Nc5ccccc5)n4CCSC)cs3)cc2)nnc1-c1ccsc1. The van der Waals surface area contributed by atoms with Crippen LogP contribution in [0.25, 0.3) is 33.2 Å². The molecule has 0 saturated carbocycles. The monoisotopic (exact) mass is 762 g/mol. The van der Waals surface area contributed by atoms with Gasteiger partial charge in [-0.05, 0) is 53.6 Å². The Morgan fingerprint density at radius 2 is 1.40 bits per heavy atom. The van der Waals surface area contributed by atoms with Crippen molar-refractivity contribution in [2.24, 2.45) is 0 Å². The van der Waals surface area contributed by atoms with Crippen molar-refractivity contribution < 1.29 is 14.3 Å². The molecule has 258 valence electrons. The number of rotatable bonds is 17. The molecule has 2 N–H and O–H groups in total. The summed E-state index contributed by atoms with van der Waals surface area (Å²) in [6, 6.07) is 21.3. The molecule has 6 aromatic rings. The first-order valence-electron chi connectivity index (χ1n) is 15.5. The van der Waals surface area contributed by atoms with Crippen LogP contribution >= 0.6 is 58.0 Å². The zero-order chi connectivity index (χ0) is 34.7. The van der Waals surface area contributed by atoms with Gasteiger partial charge >= 0.3 is 0 Å². The van der Waals surface area contributed by atoms with E-state index in [4.69, 9.17) is 4.74 Å². The van der Waals surface area contributed by atoms with Crippen LogP contribution in [0.1, 0.15) is 0 Å². The minimum Gasteiger partial charge on any atom is -0.383 e. The molecule has 0 aliphatic heterocycles. The zero-order valence-electron chi connectivity index (χ0n) is 27.3. The van der Waals surface area contributed by atoms with E-state index in [2.05, 4.69) is 53.3 Å². The number of thioether (sulfide) groups is 3. The Morgan fingerprint density at radius 3 is 2.02 bits per heavy atom. The van der Waals surface area contributed by atoms with Gasteiger partial charge in [-0.2, -0.15) is 23.1 Å². The molecule has 0 unspecified atom stereocenters. The number of thiophene rings is 2. The Morgan fingerprint density at radius 1 is 0.760 bits per heavy atom. The average Bonchev–Trinajstić information content (AvgIpc) is 3.96. The lowest BCUT2D eigenvalue weighted by molar-refractivity contribution is -0.114. The van der Waals surface area contributed by atoms with Crippen molar-refractivity contribution in [2.45, 2.75) is 23.4 Å². The normalized spacial score (nSPS) is 11.2. The highest BCUT2D eigenvalue weighted by Crippen LogP contribution is 2.34. The Hall–Kier alpha value is -3.93. The smallest absolute Gasteiger partial charge is 0.234 e. The maximum atomic E-state index is 12.9. The number of hydrogen-bond donors (Lipinski definition) is 2. The number of ether oxygens (including phenoxy) is 1. The quantitative estimate of drug-likeness (QED) is 0.0904. The van der Waals surface area contributed by atoms with E-state index in [-0.39, 0.29) is 23.3 Å². The van der Waals surface area contributed by atoms with Crippen LogP contribution in [0.5, 0.6) is 0 Å². The van der Waals surface area contributed by atoms with Gasteiger partial charge in [-0.3, -0.25) is 14.2 Å². The van der Waals surface area contributed by atoms with Gasteiger partial charge in [-0.25, -0.2) is 0 Å². The number of anilines is 2. The molecular formula is C34H34N8O3S5. The first-order chi connectivity index (χ1) is 24.5. The van der Waals surface area contributed by atoms with Crippen LogP contribution in [-0.2, 0) is 27.4 Å². The molecule has 0 fully saturated rings. The van der Waals surface area contributed by atoms with Gasteiger partial charge in [0.1, 0.15) is 0 Å². The Bertz CT molecular complexity index is 1990. The minimum atomic E-state index is -0.129. The van der Waals surface area contributed by atoms with Gasteiger partial charge in [0.2, 0.25) is 11.8 Å². The molecule has 0 radical (unpaired) electrons. The molecule has 2 amide bonds. The second-order valence-corrected chi connectivity index (χ2v) is 15.3. The summed E-state index contributed by atoms with van der Waals surface area (Å²) in [5, 5.41) is 31.1. The molecule has 6 rings (SSSR count). The third-order valence-electron chi connectivity index (χ3n) is 7.28. The Kier molecular flexibility index (Phi) is 12.8. The number of nitrogens with one attached hydrogen (secondary N) is 2. The van der Waals surface area contributed by atoms with Crippen LogP contribution in [-0.4, -0.2) is 78.6 Å². The van der Waals surface area contributed by atoms with E-state index in [0.29, 0.717) is 29.2 Å². The van der Waals surface area contributed by atoms with Crippen LogP contribution in [0.15, 0.2) is 93.2 Å². The molecule has 0 aliphatic rings. The number of methoxy groups -OCH3 is 1. The number of benzene rings is 2. The van der Waals surface area contributed by atoms with Gasteiger partial charge in [0.15, 0.2) is 22.0 Å². The maximum Gasteiger partial charge on any atom is 0.234 e. The summed E-state index contributed by atoms with van der Waals surface area (Å²) in [5.41, 5.74) is 4.47. The highest BCUT2D eigenvalue weighted by Gasteiger charge is 2.19. The average molecular weight is 763 g/mol. The molecular weight excluding hydrogens is 729 g/mol. The third kappa shape index (κ3) is 9.24. The fraction of sp³-hybridized carbons (Fsp3) is 0.235. The predicted octanol–water partition coefficient (Wildman–Crippen LogP) is 7.46. The van der Waals surface area contributed by atoms with Crippen LogP contribution in [0.2, 0.25) is 0 Å². The third-order valence-corrected chi connectivity index (χ3v) is 11.5. The maximum absolute atomic E-state index is 12.9. The van der Waals surface area contributed by atoms with Gasteiger partial charge in [-0.15, -0.1) is 31.7 Å². The Balaban J connectivity index is 1.07. The molecule has 50 heavy (non-hydrogen) atoms. The van der Waals surface area contributed by atoms with Crippen LogP contribution in [0.4, 0.5) is 11.4 Å². The number of aromatic nitrogens is 6. The topological polar surface area (TPSA) is 129 Å². The fourth-order valence-corrected chi connectivity index (χ4v) is 8.30. The molecule has 4 aromatic heterocycles. The lowest BCUT2D eigenvalue weighted by Gasteiger charge is -2.09. The van der Waals surface area contributed by atoms with Crippen molar-refractivity contribution in [2.75, 3.05) is 47.9 Å². The zero-order valence-corrected chi connectivity index (χ0v) is 31.4. The molecule has 16 heteroatoms. The Labute approximate surface area is 310 Å². The van der Waals surface area contributed by atoms with Crippen molar-refractivity contribution in [1.29, 1.82) is 0 Å². The summed E-state index contributed by atoms with van der Waals surface area (Å²) >= 11 is 7.69. The van der Waals surface area contributed by atoms with Crippen molar-refractivity contribution in [3.8, 4) is 33.2 Å². The van der Waals surface area contributed by atoms with Gasteiger partial charge in [0.05, 0.1) is 24.7 Å². The summed E-state index contributed by atoms with van der Waals surface area (Å²) in [7, 11) is 1.66. The van der Waals surface area contributed by atoms with Gasteiger partial charge < -0.3 is 19.9 Å². The highest BCUT2D eigenvalue weighted by atomic mass is 32.2. The minimum absolute atomic E-state index is 0.0934. The van der Waals surface area contributed by atoms with Crippen molar-refractivity contribution in [1.82, 2.24) is 29.5 Å². The molecule has 11 nitrogen and oxygen atoms in total. The summed E-state index contributed by atoms with van der Waals surface area (Å²) in [5.74, 6) is 2.63. The predicted molar refractivity (Wildman–Crippen MR) is 208 cm³/mol. The van der Waals surface area contributed by atoms with Gasteiger partial charge in [0, 0.05) is 57.5 Å². The summed E-state index contributed by atoms with van der Waals surface area (Å²) in [6.45, 7) is 1.83. The van der Waals surface area contributed by atoms with E-state index in [0.717, 1.165) is 51.2 Å². The van der Waals surface area contributed by atoms with Gasteiger partial charge in [-0.1, -0.05) is 53.9 Å².